The van der Waals surface area contributed by atoms with Crippen LogP contribution in [0.4, 0.5) is 0 Å². The molecular weight excluding hydrogens is 378 g/mol. The maximum absolute atomic E-state index is 12.4. The molecule has 1 aliphatic carbocycles. The van der Waals surface area contributed by atoms with Crippen molar-refractivity contribution >= 4 is 0 Å². The van der Waals surface area contributed by atoms with Gasteiger partial charge in [0.25, 0.3) is 5.56 Å². The molecule has 1 saturated carbocycles. The van der Waals surface area contributed by atoms with E-state index in [2.05, 4.69) is 33.2 Å². The molecule has 0 radical (unpaired) electrons. The number of rotatable bonds is 7. The first kappa shape index (κ1) is 19.8. The molecule has 3 aromatic heterocycles. The van der Waals surface area contributed by atoms with Gasteiger partial charge in [0.1, 0.15) is 5.82 Å². The zero-order valence-electron chi connectivity index (χ0n) is 17.1. The van der Waals surface area contributed by atoms with Crippen molar-refractivity contribution in [1.29, 1.82) is 5.26 Å². The molecule has 0 spiro atoms. The van der Waals surface area contributed by atoms with Gasteiger partial charge in [-0.2, -0.15) is 10.2 Å². The van der Waals surface area contributed by atoms with Crippen molar-refractivity contribution in [3.8, 4) is 23.1 Å². The molecule has 0 unspecified atom stereocenters. The van der Waals surface area contributed by atoms with Crippen molar-refractivity contribution in [3.05, 3.63) is 70.3 Å². The lowest BCUT2D eigenvalue weighted by molar-refractivity contribution is 0.285. The molecule has 0 N–H and O–H groups in total. The molecule has 30 heavy (non-hydrogen) atoms. The predicted molar refractivity (Wildman–Crippen MR) is 112 cm³/mol. The van der Waals surface area contributed by atoms with E-state index in [4.69, 9.17) is 10.00 Å². The molecule has 3 heterocycles. The topological polar surface area (TPSA) is 93.7 Å². The van der Waals surface area contributed by atoms with Crippen LogP contribution >= 0.6 is 0 Å². The second kappa shape index (κ2) is 8.46. The first-order chi connectivity index (χ1) is 14.5. The first-order valence-corrected chi connectivity index (χ1v) is 10.0. The van der Waals surface area contributed by atoms with Crippen molar-refractivity contribution in [2.75, 3.05) is 6.61 Å². The average molecular weight is 401 g/mol. The fourth-order valence-electron chi connectivity index (χ4n) is 3.47. The zero-order chi connectivity index (χ0) is 21.1. The van der Waals surface area contributed by atoms with E-state index in [1.54, 1.807) is 12.4 Å². The lowest BCUT2D eigenvalue weighted by Crippen LogP contribution is -2.18. The third kappa shape index (κ3) is 4.38. The summed E-state index contributed by atoms with van der Waals surface area (Å²) in [6.07, 6.45) is 6.62. The average Bonchev–Trinajstić information content (AvgIpc) is 3.52. The van der Waals surface area contributed by atoms with Gasteiger partial charge in [0.15, 0.2) is 0 Å². The molecule has 0 aromatic carbocycles. The van der Waals surface area contributed by atoms with Crippen LogP contribution < -0.4 is 10.3 Å². The van der Waals surface area contributed by atoms with Gasteiger partial charge in [0.2, 0.25) is 5.88 Å². The molecule has 7 heteroatoms. The van der Waals surface area contributed by atoms with Crippen LogP contribution in [0, 0.1) is 31.1 Å². The Morgan fingerprint density at radius 2 is 2.10 bits per heavy atom. The largest absolute Gasteiger partial charge is 0.477 e. The number of aromatic nitrogens is 4. The van der Waals surface area contributed by atoms with Crippen molar-refractivity contribution in [1.82, 2.24) is 19.5 Å². The van der Waals surface area contributed by atoms with Crippen LogP contribution in [0.1, 0.15) is 35.8 Å². The van der Waals surface area contributed by atoms with E-state index in [-0.39, 0.29) is 5.56 Å². The predicted octanol–water partition coefficient (Wildman–Crippen LogP) is 3.41. The van der Waals surface area contributed by atoms with Gasteiger partial charge in [-0.05, 0) is 43.5 Å². The minimum Gasteiger partial charge on any atom is -0.477 e. The van der Waals surface area contributed by atoms with Crippen molar-refractivity contribution in [2.45, 2.75) is 39.2 Å². The Bertz CT molecular complexity index is 1150. The molecule has 7 nitrogen and oxygen atoms in total. The number of nitriles is 1. The summed E-state index contributed by atoms with van der Waals surface area (Å²) in [6, 6.07) is 9.59. The molecular formula is C23H23N5O2. The van der Waals surface area contributed by atoms with E-state index in [0.29, 0.717) is 54.2 Å². The SMILES string of the molecule is Cc1ccc([C@H]2C[C@@H]2COc2nc(C)ncc2-c2ccn(CCC#N)c(=O)c2)nc1. The summed E-state index contributed by atoms with van der Waals surface area (Å²) in [5, 5.41) is 8.72. The second-order valence-corrected chi connectivity index (χ2v) is 7.66. The fraction of sp³-hybridized carbons (Fsp3) is 0.348. The molecule has 2 atom stereocenters. The highest BCUT2D eigenvalue weighted by atomic mass is 16.5. The molecule has 0 saturated heterocycles. The highest BCUT2D eigenvalue weighted by Crippen LogP contribution is 2.47. The molecule has 0 bridgehead atoms. The summed E-state index contributed by atoms with van der Waals surface area (Å²) in [7, 11) is 0. The number of nitrogens with zero attached hydrogens (tertiary/aromatic N) is 5. The number of hydrogen-bond donors (Lipinski definition) is 0. The molecule has 1 aliphatic rings. The minimum absolute atomic E-state index is 0.165. The van der Waals surface area contributed by atoms with E-state index < -0.39 is 0 Å². The molecule has 152 valence electrons. The quantitative estimate of drug-likeness (QED) is 0.602. The summed E-state index contributed by atoms with van der Waals surface area (Å²) >= 11 is 0. The van der Waals surface area contributed by atoms with Crippen LogP contribution in [0.3, 0.4) is 0 Å². The summed E-state index contributed by atoms with van der Waals surface area (Å²) in [5.74, 6) is 1.92. The first-order valence-electron chi connectivity index (χ1n) is 10.0. The third-order valence-corrected chi connectivity index (χ3v) is 5.32. The Hall–Kier alpha value is -3.53. The minimum atomic E-state index is -0.165. The number of hydrogen-bond acceptors (Lipinski definition) is 6. The highest BCUT2D eigenvalue weighted by Gasteiger charge is 2.40. The maximum Gasteiger partial charge on any atom is 0.251 e. The Morgan fingerprint density at radius 1 is 1.23 bits per heavy atom. The lowest BCUT2D eigenvalue weighted by Gasteiger charge is -2.12. The Morgan fingerprint density at radius 3 is 2.83 bits per heavy atom. The number of aryl methyl sites for hydroxylation is 3. The van der Waals surface area contributed by atoms with Gasteiger partial charge < -0.3 is 9.30 Å². The molecule has 0 aliphatic heterocycles. The van der Waals surface area contributed by atoms with Gasteiger partial charge >= 0.3 is 0 Å². The van der Waals surface area contributed by atoms with Crippen LogP contribution in [0.2, 0.25) is 0 Å². The highest BCUT2D eigenvalue weighted by molar-refractivity contribution is 5.67. The van der Waals surface area contributed by atoms with Crippen LogP contribution in [0.15, 0.2) is 47.7 Å². The molecule has 4 rings (SSSR count). The van der Waals surface area contributed by atoms with E-state index >= 15 is 0 Å². The monoisotopic (exact) mass is 401 g/mol. The summed E-state index contributed by atoms with van der Waals surface area (Å²) in [5.41, 5.74) is 3.49. The number of ether oxygens (including phenoxy) is 1. The summed E-state index contributed by atoms with van der Waals surface area (Å²) < 4.78 is 7.60. The smallest absolute Gasteiger partial charge is 0.251 e. The molecule has 1 fully saturated rings. The number of pyridine rings is 2. The van der Waals surface area contributed by atoms with Gasteiger partial charge in [-0.15, -0.1) is 0 Å². The van der Waals surface area contributed by atoms with Crippen molar-refractivity contribution < 1.29 is 4.74 Å². The van der Waals surface area contributed by atoms with Crippen LogP contribution in [0.5, 0.6) is 5.88 Å². The zero-order valence-corrected chi connectivity index (χ0v) is 17.1. The Balaban J connectivity index is 1.49. The van der Waals surface area contributed by atoms with Crippen LogP contribution in [-0.4, -0.2) is 26.1 Å². The second-order valence-electron chi connectivity index (χ2n) is 7.66. The summed E-state index contributed by atoms with van der Waals surface area (Å²) in [4.78, 5) is 25.6. The van der Waals surface area contributed by atoms with Crippen LogP contribution in [-0.2, 0) is 6.54 Å². The molecule has 3 aromatic rings. The van der Waals surface area contributed by atoms with Gasteiger partial charge in [-0.25, -0.2) is 4.98 Å². The lowest BCUT2D eigenvalue weighted by atomic mass is 10.1. The van der Waals surface area contributed by atoms with E-state index in [1.165, 1.54) is 10.6 Å². The van der Waals surface area contributed by atoms with Gasteiger partial charge in [0.05, 0.1) is 24.7 Å². The standard InChI is InChI=1S/C23H23N5O2/c1-15-4-5-21(26-12-15)19-10-18(19)14-30-23-20(13-25-16(2)27-23)17-6-9-28(8-3-7-24)22(29)11-17/h4-6,9,11-13,18-19H,3,8,10,14H2,1-2H3/t18-,19+/m1/s1. The van der Waals surface area contributed by atoms with Gasteiger partial charge in [0, 0.05) is 48.7 Å². The van der Waals surface area contributed by atoms with Gasteiger partial charge in [-0.1, -0.05) is 6.07 Å². The van der Waals surface area contributed by atoms with E-state index in [0.717, 1.165) is 17.7 Å². The third-order valence-electron chi connectivity index (χ3n) is 5.32. The van der Waals surface area contributed by atoms with E-state index in [1.807, 2.05) is 26.1 Å². The fourth-order valence-corrected chi connectivity index (χ4v) is 3.47. The molecule has 0 amide bonds. The maximum atomic E-state index is 12.4. The van der Waals surface area contributed by atoms with Gasteiger partial charge in [-0.3, -0.25) is 9.78 Å². The normalized spacial score (nSPS) is 17.4. The van der Waals surface area contributed by atoms with Crippen molar-refractivity contribution in [3.63, 3.8) is 0 Å². The Kier molecular flexibility index (Phi) is 5.57. The summed E-state index contributed by atoms with van der Waals surface area (Å²) in [6.45, 7) is 4.76. The Labute approximate surface area is 175 Å². The van der Waals surface area contributed by atoms with E-state index in [9.17, 15) is 4.79 Å². The van der Waals surface area contributed by atoms with Crippen molar-refractivity contribution in [2.24, 2.45) is 5.92 Å². The van der Waals surface area contributed by atoms with Crippen LogP contribution in [0.25, 0.3) is 11.1 Å².